The van der Waals surface area contributed by atoms with Gasteiger partial charge in [0.05, 0.1) is 37.6 Å². The number of para-hydroxylation sites is 2. The standard InChI is InChI=1S/C25H21ClN2O5/c1-31-16-12-15(13-17(14-16)32-2)27-23-22(18-8-4-7-11-21(18)33-3)24(29)28(25(23)30)20-10-6-5-9-19(20)26/h4-14,27H,1-3H3. The van der Waals surface area contributed by atoms with E-state index in [9.17, 15) is 9.59 Å². The van der Waals surface area contributed by atoms with Crippen molar-refractivity contribution in [3.63, 3.8) is 0 Å². The van der Waals surface area contributed by atoms with E-state index in [1.54, 1.807) is 66.7 Å². The molecule has 1 aliphatic rings. The fraction of sp³-hybridized carbons (Fsp3) is 0.120. The summed E-state index contributed by atoms with van der Waals surface area (Å²) < 4.78 is 16.1. The van der Waals surface area contributed by atoms with Crippen LogP contribution in [0.2, 0.25) is 5.02 Å². The number of hydrogen-bond donors (Lipinski definition) is 1. The molecule has 0 saturated heterocycles. The van der Waals surface area contributed by atoms with Crippen LogP contribution in [0.3, 0.4) is 0 Å². The largest absolute Gasteiger partial charge is 0.497 e. The Morgan fingerprint density at radius 3 is 2.06 bits per heavy atom. The molecule has 3 aromatic carbocycles. The van der Waals surface area contributed by atoms with Crippen LogP contribution in [-0.4, -0.2) is 33.1 Å². The van der Waals surface area contributed by atoms with E-state index in [1.165, 1.54) is 21.3 Å². The van der Waals surface area contributed by atoms with E-state index in [4.69, 9.17) is 25.8 Å². The first-order valence-corrected chi connectivity index (χ1v) is 10.4. The molecule has 1 N–H and O–H groups in total. The smallest absolute Gasteiger partial charge is 0.282 e. The Kier molecular flexibility index (Phi) is 6.24. The Labute approximate surface area is 196 Å². The van der Waals surface area contributed by atoms with Gasteiger partial charge in [-0.25, -0.2) is 4.90 Å². The van der Waals surface area contributed by atoms with Gasteiger partial charge in [-0.2, -0.15) is 0 Å². The molecule has 33 heavy (non-hydrogen) atoms. The number of carbonyl (C=O) groups excluding carboxylic acids is 2. The predicted molar refractivity (Wildman–Crippen MR) is 127 cm³/mol. The minimum absolute atomic E-state index is 0.0831. The van der Waals surface area contributed by atoms with E-state index in [2.05, 4.69) is 5.32 Å². The summed E-state index contributed by atoms with van der Waals surface area (Å²) in [6.07, 6.45) is 0. The summed E-state index contributed by atoms with van der Waals surface area (Å²) in [7, 11) is 4.56. The zero-order valence-corrected chi connectivity index (χ0v) is 19.0. The zero-order valence-electron chi connectivity index (χ0n) is 18.2. The summed E-state index contributed by atoms with van der Waals surface area (Å²) in [5.41, 5.74) is 1.53. The molecule has 1 aliphatic heterocycles. The van der Waals surface area contributed by atoms with Gasteiger partial charge in [-0.1, -0.05) is 41.9 Å². The number of nitrogens with zero attached hydrogens (tertiary/aromatic N) is 1. The molecule has 1 heterocycles. The number of carbonyl (C=O) groups is 2. The molecule has 0 radical (unpaired) electrons. The third kappa shape index (κ3) is 4.10. The van der Waals surface area contributed by atoms with Gasteiger partial charge in [-0.15, -0.1) is 0 Å². The summed E-state index contributed by atoms with van der Waals surface area (Å²) in [5, 5.41) is 3.38. The molecule has 0 aliphatic carbocycles. The lowest BCUT2D eigenvalue weighted by atomic mass is 10.0. The van der Waals surface area contributed by atoms with E-state index in [0.29, 0.717) is 34.2 Å². The quantitative estimate of drug-likeness (QED) is 0.508. The summed E-state index contributed by atoms with van der Waals surface area (Å²) in [5.74, 6) is 0.440. The third-order valence-electron chi connectivity index (χ3n) is 5.17. The molecule has 0 spiro atoms. The van der Waals surface area contributed by atoms with Gasteiger partial charge in [0.15, 0.2) is 0 Å². The number of methoxy groups -OCH3 is 3. The van der Waals surface area contributed by atoms with Gasteiger partial charge >= 0.3 is 0 Å². The second kappa shape index (κ2) is 9.26. The Morgan fingerprint density at radius 2 is 1.42 bits per heavy atom. The van der Waals surface area contributed by atoms with Crippen molar-refractivity contribution in [2.75, 3.05) is 31.5 Å². The molecule has 8 heteroatoms. The first kappa shape index (κ1) is 22.2. The molecule has 0 unspecified atom stereocenters. The summed E-state index contributed by atoms with van der Waals surface area (Å²) in [6, 6.07) is 18.8. The van der Waals surface area contributed by atoms with Crippen LogP contribution < -0.4 is 24.4 Å². The molecule has 7 nitrogen and oxygen atoms in total. The summed E-state index contributed by atoms with van der Waals surface area (Å²) in [6.45, 7) is 0. The van der Waals surface area contributed by atoms with Crippen molar-refractivity contribution in [2.24, 2.45) is 0 Å². The van der Waals surface area contributed by atoms with Crippen LogP contribution in [0.5, 0.6) is 17.2 Å². The Balaban J connectivity index is 1.89. The lowest BCUT2D eigenvalue weighted by Gasteiger charge is -2.17. The molecule has 0 saturated carbocycles. The molecule has 0 atom stereocenters. The number of anilines is 2. The Morgan fingerprint density at radius 1 is 0.788 bits per heavy atom. The Hall–Kier alpha value is -3.97. The summed E-state index contributed by atoms with van der Waals surface area (Å²) in [4.78, 5) is 28.3. The highest BCUT2D eigenvalue weighted by Gasteiger charge is 2.42. The van der Waals surface area contributed by atoms with Crippen molar-refractivity contribution in [1.82, 2.24) is 0 Å². The number of benzene rings is 3. The minimum Gasteiger partial charge on any atom is -0.497 e. The molecule has 2 amide bonds. The van der Waals surface area contributed by atoms with Crippen molar-refractivity contribution >= 4 is 40.4 Å². The van der Waals surface area contributed by atoms with Crippen LogP contribution in [0.25, 0.3) is 5.57 Å². The maximum absolute atomic E-state index is 13.6. The molecule has 3 aromatic rings. The number of hydrogen-bond acceptors (Lipinski definition) is 6. The van der Waals surface area contributed by atoms with Crippen LogP contribution in [0.4, 0.5) is 11.4 Å². The highest BCUT2D eigenvalue weighted by molar-refractivity contribution is 6.48. The van der Waals surface area contributed by atoms with Crippen molar-refractivity contribution in [2.45, 2.75) is 0 Å². The highest BCUT2D eigenvalue weighted by Crippen LogP contribution is 2.39. The summed E-state index contributed by atoms with van der Waals surface area (Å²) >= 11 is 6.33. The van der Waals surface area contributed by atoms with E-state index in [1.807, 2.05) is 0 Å². The normalized spacial score (nSPS) is 13.4. The van der Waals surface area contributed by atoms with E-state index in [0.717, 1.165) is 4.90 Å². The molecule has 0 bridgehead atoms. The lowest BCUT2D eigenvalue weighted by molar-refractivity contribution is -0.120. The molecule has 168 valence electrons. The second-order valence-electron chi connectivity index (χ2n) is 7.07. The average molecular weight is 465 g/mol. The maximum Gasteiger partial charge on any atom is 0.282 e. The molecule has 0 aromatic heterocycles. The fourth-order valence-electron chi connectivity index (χ4n) is 3.62. The van der Waals surface area contributed by atoms with Crippen LogP contribution in [0.15, 0.2) is 72.4 Å². The van der Waals surface area contributed by atoms with Crippen LogP contribution in [0, 0.1) is 0 Å². The second-order valence-corrected chi connectivity index (χ2v) is 7.48. The molecular formula is C25H21ClN2O5. The third-order valence-corrected chi connectivity index (χ3v) is 5.49. The predicted octanol–water partition coefficient (Wildman–Crippen LogP) is 4.76. The molecule has 0 fully saturated rings. The minimum atomic E-state index is -0.546. The maximum atomic E-state index is 13.6. The van der Waals surface area contributed by atoms with E-state index >= 15 is 0 Å². The number of rotatable bonds is 7. The van der Waals surface area contributed by atoms with Crippen molar-refractivity contribution < 1.29 is 23.8 Å². The zero-order chi connectivity index (χ0) is 23.5. The van der Waals surface area contributed by atoms with Gasteiger partial charge in [0.2, 0.25) is 0 Å². The van der Waals surface area contributed by atoms with E-state index in [-0.39, 0.29) is 16.3 Å². The first-order chi connectivity index (χ1) is 16.0. The van der Waals surface area contributed by atoms with Gasteiger partial charge in [-0.3, -0.25) is 9.59 Å². The van der Waals surface area contributed by atoms with Crippen LogP contribution >= 0.6 is 11.6 Å². The van der Waals surface area contributed by atoms with Gasteiger partial charge in [0, 0.05) is 29.4 Å². The van der Waals surface area contributed by atoms with Crippen molar-refractivity contribution in [3.05, 3.63) is 83.0 Å². The number of imide groups is 1. The monoisotopic (exact) mass is 464 g/mol. The van der Waals surface area contributed by atoms with Crippen LogP contribution in [0.1, 0.15) is 5.56 Å². The average Bonchev–Trinajstić information content (AvgIpc) is 3.08. The Bertz CT molecular complexity index is 1250. The van der Waals surface area contributed by atoms with Gasteiger partial charge in [0.25, 0.3) is 11.8 Å². The molecular weight excluding hydrogens is 444 g/mol. The van der Waals surface area contributed by atoms with Gasteiger partial charge in [0.1, 0.15) is 22.9 Å². The van der Waals surface area contributed by atoms with E-state index < -0.39 is 11.8 Å². The van der Waals surface area contributed by atoms with Gasteiger partial charge in [-0.05, 0) is 18.2 Å². The number of halogens is 1. The SMILES string of the molecule is COc1cc(NC2=C(c3ccccc3OC)C(=O)N(c3ccccc3Cl)C2=O)cc(OC)c1. The first-order valence-electron chi connectivity index (χ1n) is 9.99. The number of amides is 2. The fourth-order valence-corrected chi connectivity index (χ4v) is 3.84. The number of ether oxygens (including phenoxy) is 3. The van der Waals surface area contributed by atoms with Gasteiger partial charge < -0.3 is 19.5 Å². The topological polar surface area (TPSA) is 77.1 Å². The lowest BCUT2D eigenvalue weighted by Crippen LogP contribution is -2.32. The molecule has 4 rings (SSSR count). The van der Waals surface area contributed by atoms with Crippen LogP contribution in [-0.2, 0) is 9.59 Å². The van der Waals surface area contributed by atoms with Crippen molar-refractivity contribution in [1.29, 1.82) is 0 Å². The highest BCUT2D eigenvalue weighted by atomic mass is 35.5. The number of nitrogens with one attached hydrogen (secondary N) is 1. The van der Waals surface area contributed by atoms with Crippen molar-refractivity contribution in [3.8, 4) is 17.2 Å².